The van der Waals surface area contributed by atoms with Crippen LogP contribution >= 0.6 is 0 Å². The zero-order valence-corrected chi connectivity index (χ0v) is 10.7. The number of hydrogen-bond donors (Lipinski definition) is 2. The van der Waals surface area contributed by atoms with Gasteiger partial charge in [0.25, 0.3) is 0 Å². The molecule has 0 aliphatic carbocycles. The molecule has 17 heavy (non-hydrogen) atoms. The minimum absolute atomic E-state index is 0.00465. The number of aromatic nitrogens is 1. The van der Waals surface area contributed by atoms with Crippen LogP contribution in [-0.2, 0) is 4.79 Å². The molecule has 1 unspecified atom stereocenters. The van der Waals surface area contributed by atoms with Crippen LogP contribution in [0.5, 0.6) is 0 Å². The lowest BCUT2D eigenvalue weighted by atomic mass is 10.1. The minimum Gasteiger partial charge on any atom is -0.349 e. The lowest BCUT2D eigenvalue weighted by Crippen LogP contribution is -2.34. The van der Waals surface area contributed by atoms with Crippen molar-refractivity contribution in [2.45, 2.75) is 39.3 Å². The second-order valence-electron chi connectivity index (χ2n) is 4.24. The fraction of sp³-hybridized carbons (Fsp3) is 0.538. The Bertz CT molecular complexity index is 340. The van der Waals surface area contributed by atoms with E-state index >= 15 is 0 Å². The predicted octanol–water partition coefficient (Wildman–Crippen LogP) is 1.65. The van der Waals surface area contributed by atoms with Crippen molar-refractivity contribution >= 4 is 5.91 Å². The molecule has 0 aliphatic heterocycles. The highest BCUT2D eigenvalue weighted by atomic mass is 16.1. The molecule has 1 rings (SSSR count). The molecule has 1 amide bonds. The van der Waals surface area contributed by atoms with Crippen molar-refractivity contribution in [2.75, 3.05) is 6.54 Å². The summed E-state index contributed by atoms with van der Waals surface area (Å²) in [6, 6.07) is 4.05. The molecule has 4 heteroatoms. The van der Waals surface area contributed by atoms with Crippen LogP contribution in [-0.4, -0.2) is 23.5 Å². The Morgan fingerprint density at radius 3 is 2.82 bits per heavy atom. The molecule has 0 saturated heterocycles. The highest BCUT2D eigenvalue weighted by molar-refractivity contribution is 5.77. The maximum atomic E-state index is 11.7. The number of rotatable bonds is 6. The van der Waals surface area contributed by atoms with Gasteiger partial charge in [0, 0.05) is 24.9 Å². The Hall–Kier alpha value is -1.42. The number of carbonyl (C=O) groups is 1. The second kappa shape index (κ2) is 7.01. The van der Waals surface area contributed by atoms with Gasteiger partial charge in [-0.2, -0.15) is 0 Å². The third-order valence-corrected chi connectivity index (χ3v) is 2.61. The van der Waals surface area contributed by atoms with Crippen molar-refractivity contribution in [3.63, 3.8) is 0 Å². The van der Waals surface area contributed by atoms with Crippen molar-refractivity contribution in [3.8, 4) is 0 Å². The molecule has 0 fully saturated rings. The summed E-state index contributed by atoms with van der Waals surface area (Å²) in [5, 5.41) is 6.18. The van der Waals surface area contributed by atoms with Crippen LogP contribution in [0.25, 0.3) is 0 Å². The van der Waals surface area contributed by atoms with E-state index in [1.165, 1.54) is 0 Å². The monoisotopic (exact) mass is 235 g/mol. The first-order chi connectivity index (χ1) is 8.13. The first-order valence-electron chi connectivity index (χ1n) is 6.06. The van der Waals surface area contributed by atoms with Gasteiger partial charge in [-0.15, -0.1) is 0 Å². The average molecular weight is 235 g/mol. The van der Waals surface area contributed by atoms with Crippen LogP contribution in [0.4, 0.5) is 0 Å². The van der Waals surface area contributed by atoms with Gasteiger partial charge in [0.05, 0.1) is 6.04 Å². The van der Waals surface area contributed by atoms with E-state index in [1.807, 2.05) is 32.9 Å². The number of hydrogen-bond acceptors (Lipinski definition) is 3. The summed E-state index contributed by atoms with van der Waals surface area (Å²) >= 11 is 0. The van der Waals surface area contributed by atoms with E-state index in [-0.39, 0.29) is 18.0 Å². The van der Waals surface area contributed by atoms with Crippen LogP contribution in [0.3, 0.4) is 0 Å². The maximum absolute atomic E-state index is 11.7. The summed E-state index contributed by atoms with van der Waals surface area (Å²) in [4.78, 5) is 15.8. The zero-order chi connectivity index (χ0) is 12.7. The van der Waals surface area contributed by atoms with Gasteiger partial charge in [-0.1, -0.05) is 13.0 Å². The highest BCUT2D eigenvalue weighted by Crippen LogP contribution is 2.09. The minimum atomic E-state index is 0.00465. The lowest BCUT2D eigenvalue weighted by Gasteiger charge is -2.16. The smallest absolute Gasteiger partial charge is 0.222 e. The molecule has 0 aliphatic rings. The van der Waals surface area contributed by atoms with E-state index < -0.39 is 0 Å². The molecule has 2 atom stereocenters. The second-order valence-corrected chi connectivity index (χ2v) is 4.24. The molecule has 0 radical (unpaired) electrons. The van der Waals surface area contributed by atoms with Crippen LogP contribution in [0, 0.1) is 0 Å². The van der Waals surface area contributed by atoms with Crippen molar-refractivity contribution in [2.24, 2.45) is 0 Å². The predicted molar refractivity (Wildman–Crippen MR) is 68.6 cm³/mol. The SMILES string of the molecule is CCNC(C)CC(=O)N[C@H](C)c1cccnc1. The van der Waals surface area contributed by atoms with Crippen LogP contribution in [0.1, 0.15) is 38.8 Å². The molecule has 4 nitrogen and oxygen atoms in total. The van der Waals surface area contributed by atoms with Gasteiger partial charge in [-0.3, -0.25) is 9.78 Å². The zero-order valence-electron chi connectivity index (χ0n) is 10.7. The number of carbonyl (C=O) groups excluding carboxylic acids is 1. The number of pyridine rings is 1. The number of nitrogens with zero attached hydrogens (tertiary/aromatic N) is 1. The van der Waals surface area contributed by atoms with Gasteiger partial charge in [0.2, 0.25) is 5.91 Å². The fourth-order valence-electron chi connectivity index (χ4n) is 1.71. The lowest BCUT2D eigenvalue weighted by molar-refractivity contribution is -0.122. The van der Waals surface area contributed by atoms with Gasteiger partial charge in [-0.25, -0.2) is 0 Å². The molecule has 0 saturated carbocycles. The molecule has 0 spiro atoms. The highest BCUT2D eigenvalue weighted by Gasteiger charge is 2.12. The normalized spacial score (nSPS) is 14.1. The van der Waals surface area contributed by atoms with Crippen molar-refractivity contribution in [3.05, 3.63) is 30.1 Å². The van der Waals surface area contributed by atoms with E-state index in [4.69, 9.17) is 0 Å². The molecular formula is C13H21N3O. The third kappa shape index (κ3) is 4.95. The van der Waals surface area contributed by atoms with Gasteiger partial charge in [0.15, 0.2) is 0 Å². The first-order valence-corrected chi connectivity index (χ1v) is 6.06. The van der Waals surface area contributed by atoms with Crippen molar-refractivity contribution in [1.29, 1.82) is 0 Å². The topological polar surface area (TPSA) is 54.0 Å². The number of amides is 1. The maximum Gasteiger partial charge on any atom is 0.222 e. The molecule has 1 aromatic rings. The van der Waals surface area contributed by atoms with Crippen molar-refractivity contribution < 1.29 is 4.79 Å². The Balaban J connectivity index is 2.41. The summed E-state index contributed by atoms with van der Waals surface area (Å²) < 4.78 is 0. The van der Waals surface area contributed by atoms with Gasteiger partial charge in [-0.05, 0) is 32.0 Å². The van der Waals surface area contributed by atoms with Gasteiger partial charge < -0.3 is 10.6 Å². The standard InChI is InChI=1S/C13H21N3O/c1-4-15-10(2)8-13(17)16-11(3)12-6-5-7-14-9-12/h5-7,9-11,15H,4,8H2,1-3H3,(H,16,17)/t10?,11-/m1/s1. The van der Waals surface area contributed by atoms with Gasteiger partial charge >= 0.3 is 0 Å². The summed E-state index contributed by atoms with van der Waals surface area (Å²) in [6.45, 7) is 6.89. The Morgan fingerprint density at radius 1 is 1.47 bits per heavy atom. The van der Waals surface area contributed by atoms with Gasteiger partial charge in [0.1, 0.15) is 0 Å². The average Bonchev–Trinajstić information content (AvgIpc) is 2.30. The van der Waals surface area contributed by atoms with E-state index in [0.29, 0.717) is 6.42 Å². The molecular weight excluding hydrogens is 214 g/mol. The Labute approximate surface area is 103 Å². The van der Waals surface area contributed by atoms with Crippen LogP contribution in [0.2, 0.25) is 0 Å². The Kier molecular flexibility index (Phi) is 5.63. The quantitative estimate of drug-likeness (QED) is 0.788. The molecule has 2 N–H and O–H groups in total. The van der Waals surface area contributed by atoms with Crippen molar-refractivity contribution in [1.82, 2.24) is 15.6 Å². The van der Waals surface area contributed by atoms with Crippen LogP contribution < -0.4 is 10.6 Å². The van der Waals surface area contributed by atoms with E-state index in [2.05, 4.69) is 15.6 Å². The third-order valence-electron chi connectivity index (χ3n) is 2.61. The summed E-state index contributed by atoms with van der Waals surface area (Å²) in [5.74, 6) is 0.0646. The molecule has 1 heterocycles. The summed E-state index contributed by atoms with van der Waals surface area (Å²) in [7, 11) is 0. The summed E-state index contributed by atoms with van der Waals surface area (Å²) in [5.41, 5.74) is 1.02. The fourth-order valence-corrected chi connectivity index (χ4v) is 1.71. The van der Waals surface area contributed by atoms with E-state index in [0.717, 1.165) is 12.1 Å². The van der Waals surface area contributed by atoms with E-state index in [1.54, 1.807) is 12.4 Å². The summed E-state index contributed by atoms with van der Waals surface area (Å²) in [6.07, 6.45) is 4.00. The van der Waals surface area contributed by atoms with E-state index in [9.17, 15) is 4.79 Å². The molecule has 0 bridgehead atoms. The number of nitrogens with one attached hydrogen (secondary N) is 2. The molecule has 1 aromatic heterocycles. The largest absolute Gasteiger partial charge is 0.349 e. The Morgan fingerprint density at radius 2 is 2.24 bits per heavy atom. The molecule has 0 aromatic carbocycles. The first kappa shape index (κ1) is 13.6. The van der Waals surface area contributed by atoms with Crippen LogP contribution in [0.15, 0.2) is 24.5 Å². The molecule has 94 valence electrons.